The Morgan fingerprint density at radius 1 is 1.00 bits per heavy atom. The third kappa shape index (κ3) is 6.35. The summed E-state index contributed by atoms with van der Waals surface area (Å²) in [5.41, 5.74) is 2.67. The molecule has 3 heteroatoms. The summed E-state index contributed by atoms with van der Waals surface area (Å²) in [4.78, 5) is 2.51. The third-order valence-corrected chi connectivity index (χ3v) is 4.56. The molecule has 1 aliphatic rings. The van der Waals surface area contributed by atoms with Crippen LogP contribution in [-0.2, 0) is 6.42 Å². The number of hydrogen-bond donors (Lipinski definition) is 1. The molecule has 1 N–H and O–H groups in total. The predicted molar refractivity (Wildman–Crippen MR) is 107 cm³/mol. The number of anilines is 1. The lowest BCUT2D eigenvalue weighted by Gasteiger charge is -2.31. The summed E-state index contributed by atoms with van der Waals surface area (Å²) in [7, 11) is 0. The topological polar surface area (TPSA) is 23.5 Å². The largest absolute Gasteiger partial charge is 0.508 e. The van der Waals surface area contributed by atoms with Crippen molar-refractivity contribution in [1.82, 2.24) is 0 Å². The standard InChI is InChI=1S/C19H31NO.HI/c1-2-3-4-5-6-7-8-9-14-20-15-10-11-17-16-18(21)12-13-19(17)20;/h12-13,16,21H,2-11,14-15H2,1H3;1H. The van der Waals surface area contributed by atoms with Gasteiger partial charge in [0.25, 0.3) is 0 Å². The van der Waals surface area contributed by atoms with Crippen LogP contribution in [0.5, 0.6) is 5.75 Å². The maximum atomic E-state index is 9.59. The average Bonchev–Trinajstić information content (AvgIpc) is 2.49. The van der Waals surface area contributed by atoms with Crippen molar-refractivity contribution in [2.24, 2.45) is 0 Å². The molecular formula is C19H32INO. The molecule has 0 bridgehead atoms. The van der Waals surface area contributed by atoms with E-state index >= 15 is 0 Å². The molecule has 0 spiro atoms. The summed E-state index contributed by atoms with van der Waals surface area (Å²) in [6.07, 6.45) is 13.3. The second kappa shape index (κ2) is 11.1. The Labute approximate surface area is 153 Å². The van der Waals surface area contributed by atoms with Crippen molar-refractivity contribution in [3.8, 4) is 5.75 Å². The number of halogens is 1. The molecule has 1 aromatic rings. The summed E-state index contributed by atoms with van der Waals surface area (Å²) in [6, 6.07) is 5.86. The Morgan fingerprint density at radius 3 is 2.41 bits per heavy atom. The normalized spacial score (nSPS) is 13.6. The van der Waals surface area contributed by atoms with Gasteiger partial charge in [0, 0.05) is 18.8 Å². The first-order valence-corrected chi connectivity index (χ1v) is 8.88. The minimum Gasteiger partial charge on any atom is -0.508 e. The van der Waals surface area contributed by atoms with Crippen LogP contribution in [0.3, 0.4) is 0 Å². The Kier molecular flexibility index (Phi) is 9.92. The van der Waals surface area contributed by atoms with Crippen molar-refractivity contribution >= 4 is 29.7 Å². The first-order chi connectivity index (χ1) is 10.3. The van der Waals surface area contributed by atoms with Gasteiger partial charge < -0.3 is 10.0 Å². The van der Waals surface area contributed by atoms with Gasteiger partial charge in [-0.25, -0.2) is 0 Å². The molecule has 1 aromatic carbocycles. The highest BCUT2D eigenvalue weighted by Crippen LogP contribution is 2.30. The van der Waals surface area contributed by atoms with Gasteiger partial charge in [-0.15, -0.1) is 24.0 Å². The number of fused-ring (bicyclic) bond motifs is 1. The lowest BCUT2D eigenvalue weighted by molar-refractivity contribution is 0.473. The summed E-state index contributed by atoms with van der Waals surface area (Å²) in [5.74, 6) is 0.405. The minimum atomic E-state index is 0. The second-order valence-electron chi connectivity index (χ2n) is 6.38. The summed E-state index contributed by atoms with van der Waals surface area (Å²) >= 11 is 0. The van der Waals surface area contributed by atoms with E-state index in [0.29, 0.717) is 5.75 Å². The molecule has 22 heavy (non-hydrogen) atoms. The fourth-order valence-corrected chi connectivity index (χ4v) is 3.33. The molecule has 0 saturated heterocycles. The quantitative estimate of drug-likeness (QED) is 0.399. The van der Waals surface area contributed by atoms with E-state index in [4.69, 9.17) is 0 Å². The zero-order valence-electron chi connectivity index (χ0n) is 14.0. The lowest BCUT2D eigenvalue weighted by Crippen LogP contribution is -2.30. The fraction of sp³-hybridized carbons (Fsp3) is 0.684. The highest BCUT2D eigenvalue weighted by molar-refractivity contribution is 14.0. The minimum absolute atomic E-state index is 0. The SMILES string of the molecule is CCCCCCCCCCN1CCCc2cc(O)ccc21.I. The third-order valence-electron chi connectivity index (χ3n) is 4.56. The van der Waals surface area contributed by atoms with E-state index in [9.17, 15) is 5.11 Å². The van der Waals surface area contributed by atoms with E-state index < -0.39 is 0 Å². The van der Waals surface area contributed by atoms with Crippen LogP contribution in [0.4, 0.5) is 5.69 Å². The van der Waals surface area contributed by atoms with Crippen LogP contribution in [0.25, 0.3) is 0 Å². The summed E-state index contributed by atoms with van der Waals surface area (Å²) < 4.78 is 0. The molecule has 0 aromatic heterocycles. The molecule has 2 nitrogen and oxygen atoms in total. The molecular weight excluding hydrogens is 385 g/mol. The van der Waals surface area contributed by atoms with E-state index in [-0.39, 0.29) is 24.0 Å². The van der Waals surface area contributed by atoms with Crippen LogP contribution >= 0.6 is 24.0 Å². The first kappa shape index (κ1) is 19.6. The van der Waals surface area contributed by atoms with Gasteiger partial charge in [0.15, 0.2) is 0 Å². The average molecular weight is 417 g/mol. The van der Waals surface area contributed by atoms with Gasteiger partial charge in [0.2, 0.25) is 0 Å². The van der Waals surface area contributed by atoms with E-state index in [0.717, 1.165) is 6.42 Å². The number of benzene rings is 1. The maximum Gasteiger partial charge on any atom is 0.116 e. The van der Waals surface area contributed by atoms with Crippen LogP contribution in [0, 0.1) is 0 Å². The highest BCUT2D eigenvalue weighted by atomic mass is 127. The van der Waals surface area contributed by atoms with E-state index in [1.807, 2.05) is 12.1 Å². The van der Waals surface area contributed by atoms with Gasteiger partial charge in [-0.1, -0.05) is 51.9 Å². The van der Waals surface area contributed by atoms with Crippen molar-refractivity contribution in [1.29, 1.82) is 0 Å². The molecule has 2 rings (SSSR count). The van der Waals surface area contributed by atoms with Gasteiger partial charge in [0.05, 0.1) is 0 Å². The van der Waals surface area contributed by atoms with Crippen LogP contribution in [-0.4, -0.2) is 18.2 Å². The maximum absolute atomic E-state index is 9.59. The van der Waals surface area contributed by atoms with Crippen LogP contribution < -0.4 is 4.90 Å². The van der Waals surface area contributed by atoms with Crippen LogP contribution in [0.15, 0.2) is 18.2 Å². The molecule has 1 heterocycles. The Balaban J connectivity index is 0.00000242. The number of nitrogens with zero attached hydrogens (tertiary/aromatic N) is 1. The fourth-order valence-electron chi connectivity index (χ4n) is 3.33. The highest BCUT2D eigenvalue weighted by Gasteiger charge is 2.16. The van der Waals surface area contributed by atoms with E-state index in [1.54, 1.807) is 0 Å². The van der Waals surface area contributed by atoms with Crippen molar-refractivity contribution in [3.63, 3.8) is 0 Å². The number of rotatable bonds is 9. The summed E-state index contributed by atoms with van der Waals surface area (Å²) in [6.45, 7) is 4.62. The van der Waals surface area contributed by atoms with Gasteiger partial charge in [-0.2, -0.15) is 0 Å². The molecule has 0 radical (unpaired) electrons. The Morgan fingerprint density at radius 2 is 1.68 bits per heavy atom. The molecule has 0 fully saturated rings. The second-order valence-corrected chi connectivity index (χ2v) is 6.38. The smallest absolute Gasteiger partial charge is 0.116 e. The predicted octanol–water partition coefficient (Wildman–Crippen LogP) is 5.90. The van der Waals surface area contributed by atoms with Gasteiger partial charge in [-0.05, 0) is 43.0 Å². The van der Waals surface area contributed by atoms with E-state index in [2.05, 4.69) is 17.9 Å². The van der Waals surface area contributed by atoms with Gasteiger partial charge in [-0.3, -0.25) is 0 Å². The Bertz CT molecular complexity index is 422. The number of aromatic hydroxyl groups is 1. The van der Waals surface area contributed by atoms with Gasteiger partial charge in [0.1, 0.15) is 5.75 Å². The monoisotopic (exact) mass is 417 g/mol. The molecule has 0 saturated carbocycles. The molecule has 126 valence electrons. The molecule has 0 amide bonds. The van der Waals surface area contributed by atoms with Crippen molar-refractivity contribution < 1.29 is 5.11 Å². The number of phenols is 1. The zero-order chi connectivity index (χ0) is 14.9. The number of hydrogen-bond acceptors (Lipinski definition) is 2. The van der Waals surface area contributed by atoms with Gasteiger partial charge >= 0.3 is 0 Å². The number of unbranched alkanes of at least 4 members (excludes halogenated alkanes) is 7. The van der Waals surface area contributed by atoms with Crippen LogP contribution in [0.2, 0.25) is 0 Å². The molecule has 1 aliphatic heterocycles. The van der Waals surface area contributed by atoms with Crippen LogP contribution in [0.1, 0.15) is 70.3 Å². The number of aryl methyl sites for hydroxylation is 1. The first-order valence-electron chi connectivity index (χ1n) is 8.88. The van der Waals surface area contributed by atoms with Crippen molar-refractivity contribution in [2.75, 3.05) is 18.0 Å². The zero-order valence-corrected chi connectivity index (χ0v) is 16.4. The van der Waals surface area contributed by atoms with Crippen molar-refractivity contribution in [3.05, 3.63) is 23.8 Å². The molecule has 0 aliphatic carbocycles. The van der Waals surface area contributed by atoms with Crippen molar-refractivity contribution in [2.45, 2.75) is 71.1 Å². The number of phenolic OH excluding ortho intramolecular Hbond substituents is 1. The summed E-state index contributed by atoms with van der Waals surface area (Å²) in [5, 5.41) is 9.59. The van der Waals surface area contributed by atoms with E-state index in [1.165, 1.54) is 82.1 Å². The molecule has 0 atom stereocenters. The lowest BCUT2D eigenvalue weighted by atomic mass is 10.0. The molecule has 0 unspecified atom stereocenters. The Hall–Kier alpha value is -0.450.